The molecule has 18 heavy (non-hydrogen) atoms. The van der Waals surface area contributed by atoms with E-state index in [1.165, 1.54) is 16.7 Å². The zero-order chi connectivity index (χ0) is 13.8. The van der Waals surface area contributed by atoms with Crippen molar-refractivity contribution < 1.29 is 0 Å². The number of rotatable bonds is 6. The molecule has 0 fully saturated rings. The Labute approximate surface area is 112 Å². The van der Waals surface area contributed by atoms with Gasteiger partial charge in [-0.1, -0.05) is 50.1 Å². The third-order valence-electron chi connectivity index (χ3n) is 3.34. The first kappa shape index (κ1) is 15.2. The lowest BCUT2D eigenvalue weighted by atomic mass is 9.93. The van der Waals surface area contributed by atoms with Crippen LogP contribution in [0.1, 0.15) is 37.5 Å². The standard InChI is InChI=1S/C16H28N2/c1-6-18(12-16(4,5)11-17)10-15-8-13(2)7-14(3)9-15/h7-9H,6,10-12,17H2,1-5H3. The highest BCUT2D eigenvalue weighted by molar-refractivity contribution is 5.28. The molecule has 0 aliphatic heterocycles. The van der Waals surface area contributed by atoms with Gasteiger partial charge in [-0.05, 0) is 37.9 Å². The van der Waals surface area contributed by atoms with E-state index in [2.05, 4.69) is 57.7 Å². The van der Waals surface area contributed by atoms with Crippen molar-refractivity contribution in [3.05, 3.63) is 34.9 Å². The Morgan fingerprint density at radius 1 is 1.11 bits per heavy atom. The van der Waals surface area contributed by atoms with E-state index in [1.807, 2.05) is 0 Å². The van der Waals surface area contributed by atoms with Gasteiger partial charge < -0.3 is 5.73 Å². The van der Waals surface area contributed by atoms with Crippen LogP contribution in [0.2, 0.25) is 0 Å². The molecule has 0 atom stereocenters. The van der Waals surface area contributed by atoms with E-state index in [4.69, 9.17) is 5.73 Å². The Morgan fingerprint density at radius 3 is 2.11 bits per heavy atom. The van der Waals surface area contributed by atoms with E-state index in [0.29, 0.717) is 0 Å². The second kappa shape index (κ2) is 6.35. The quantitative estimate of drug-likeness (QED) is 0.838. The summed E-state index contributed by atoms with van der Waals surface area (Å²) in [4.78, 5) is 2.47. The predicted octanol–water partition coefficient (Wildman–Crippen LogP) is 3.11. The molecular formula is C16H28N2. The van der Waals surface area contributed by atoms with Gasteiger partial charge in [0, 0.05) is 13.1 Å². The van der Waals surface area contributed by atoms with Crippen LogP contribution in [0, 0.1) is 19.3 Å². The molecule has 0 saturated carbocycles. The fourth-order valence-electron chi connectivity index (χ4n) is 2.37. The minimum absolute atomic E-state index is 0.189. The summed E-state index contributed by atoms with van der Waals surface area (Å²) < 4.78 is 0. The van der Waals surface area contributed by atoms with Gasteiger partial charge in [0.15, 0.2) is 0 Å². The molecule has 2 heteroatoms. The molecule has 1 rings (SSSR count). The summed E-state index contributed by atoms with van der Waals surface area (Å²) in [5, 5.41) is 0. The first-order valence-electron chi connectivity index (χ1n) is 6.86. The molecule has 0 radical (unpaired) electrons. The predicted molar refractivity (Wildman–Crippen MR) is 79.7 cm³/mol. The molecule has 0 aliphatic rings. The van der Waals surface area contributed by atoms with Gasteiger partial charge in [-0.3, -0.25) is 4.90 Å². The number of nitrogens with two attached hydrogens (primary N) is 1. The number of hydrogen-bond donors (Lipinski definition) is 1. The summed E-state index contributed by atoms with van der Waals surface area (Å²) in [6, 6.07) is 6.79. The van der Waals surface area contributed by atoms with Gasteiger partial charge in [0.25, 0.3) is 0 Å². The summed E-state index contributed by atoms with van der Waals surface area (Å²) in [6.45, 7) is 14.9. The highest BCUT2D eigenvalue weighted by Crippen LogP contribution is 2.18. The molecule has 0 bridgehead atoms. The molecule has 2 N–H and O–H groups in total. The summed E-state index contributed by atoms with van der Waals surface area (Å²) in [6.07, 6.45) is 0. The van der Waals surface area contributed by atoms with Gasteiger partial charge in [-0.2, -0.15) is 0 Å². The highest BCUT2D eigenvalue weighted by atomic mass is 15.1. The van der Waals surface area contributed by atoms with Crippen molar-refractivity contribution in [2.24, 2.45) is 11.1 Å². The van der Waals surface area contributed by atoms with Crippen LogP contribution in [0.4, 0.5) is 0 Å². The van der Waals surface area contributed by atoms with E-state index in [1.54, 1.807) is 0 Å². The molecule has 0 aromatic heterocycles. The largest absolute Gasteiger partial charge is 0.330 e. The Morgan fingerprint density at radius 2 is 1.67 bits per heavy atom. The highest BCUT2D eigenvalue weighted by Gasteiger charge is 2.19. The summed E-state index contributed by atoms with van der Waals surface area (Å²) in [5.74, 6) is 0. The third-order valence-corrected chi connectivity index (χ3v) is 3.34. The Bertz CT molecular complexity index is 362. The lowest BCUT2D eigenvalue weighted by Gasteiger charge is -2.31. The summed E-state index contributed by atoms with van der Waals surface area (Å²) >= 11 is 0. The van der Waals surface area contributed by atoms with Crippen LogP contribution < -0.4 is 5.73 Å². The molecule has 1 aromatic rings. The van der Waals surface area contributed by atoms with E-state index >= 15 is 0 Å². The normalized spacial score (nSPS) is 12.2. The van der Waals surface area contributed by atoms with Crippen molar-refractivity contribution >= 4 is 0 Å². The van der Waals surface area contributed by atoms with Gasteiger partial charge in [0.1, 0.15) is 0 Å². The number of benzene rings is 1. The van der Waals surface area contributed by atoms with Crippen LogP contribution in [0.25, 0.3) is 0 Å². The van der Waals surface area contributed by atoms with Gasteiger partial charge in [0.2, 0.25) is 0 Å². The summed E-state index contributed by atoms with van der Waals surface area (Å²) in [7, 11) is 0. The van der Waals surface area contributed by atoms with Crippen molar-refractivity contribution in [3.8, 4) is 0 Å². The average molecular weight is 248 g/mol. The first-order chi connectivity index (χ1) is 8.36. The molecule has 0 spiro atoms. The van der Waals surface area contributed by atoms with Crippen LogP contribution in [-0.4, -0.2) is 24.5 Å². The first-order valence-corrected chi connectivity index (χ1v) is 6.86. The lowest BCUT2D eigenvalue weighted by molar-refractivity contribution is 0.183. The van der Waals surface area contributed by atoms with Crippen molar-refractivity contribution in [1.82, 2.24) is 4.90 Å². The molecular weight excluding hydrogens is 220 g/mol. The molecule has 0 unspecified atom stereocenters. The number of hydrogen-bond acceptors (Lipinski definition) is 2. The van der Waals surface area contributed by atoms with E-state index < -0.39 is 0 Å². The molecule has 0 aliphatic carbocycles. The fourth-order valence-corrected chi connectivity index (χ4v) is 2.37. The number of nitrogens with zero attached hydrogens (tertiary/aromatic N) is 1. The number of aryl methyl sites for hydroxylation is 2. The Hall–Kier alpha value is -0.860. The van der Waals surface area contributed by atoms with Crippen LogP contribution in [-0.2, 0) is 6.54 Å². The van der Waals surface area contributed by atoms with Crippen molar-refractivity contribution in [1.29, 1.82) is 0 Å². The molecule has 0 saturated heterocycles. The molecule has 0 heterocycles. The maximum absolute atomic E-state index is 5.82. The molecule has 2 nitrogen and oxygen atoms in total. The van der Waals surface area contributed by atoms with Crippen LogP contribution in [0.15, 0.2) is 18.2 Å². The minimum Gasteiger partial charge on any atom is -0.330 e. The van der Waals surface area contributed by atoms with Gasteiger partial charge in [-0.15, -0.1) is 0 Å². The van der Waals surface area contributed by atoms with Gasteiger partial charge >= 0.3 is 0 Å². The minimum atomic E-state index is 0.189. The lowest BCUT2D eigenvalue weighted by Crippen LogP contribution is -2.38. The molecule has 1 aromatic carbocycles. The maximum atomic E-state index is 5.82. The Balaban J connectivity index is 2.73. The van der Waals surface area contributed by atoms with Crippen LogP contribution in [0.3, 0.4) is 0 Å². The van der Waals surface area contributed by atoms with Gasteiger partial charge in [0.05, 0.1) is 0 Å². The molecule has 102 valence electrons. The zero-order valence-electron chi connectivity index (χ0n) is 12.6. The second-order valence-electron chi connectivity index (χ2n) is 6.17. The SMILES string of the molecule is CCN(Cc1cc(C)cc(C)c1)CC(C)(C)CN. The zero-order valence-corrected chi connectivity index (χ0v) is 12.6. The van der Waals surface area contributed by atoms with Crippen molar-refractivity contribution in [3.63, 3.8) is 0 Å². The topological polar surface area (TPSA) is 29.3 Å². The van der Waals surface area contributed by atoms with Crippen LogP contribution >= 0.6 is 0 Å². The van der Waals surface area contributed by atoms with E-state index in [9.17, 15) is 0 Å². The summed E-state index contributed by atoms with van der Waals surface area (Å²) in [5.41, 5.74) is 10.1. The van der Waals surface area contributed by atoms with E-state index in [-0.39, 0.29) is 5.41 Å². The smallest absolute Gasteiger partial charge is 0.0234 e. The van der Waals surface area contributed by atoms with Crippen LogP contribution in [0.5, 0.6) is 0 Å². The monoisotopic (exact) mass is 248 g/mol. The third kappa shape index (κ3) is 4.79. The average Bonchev–Trinajstić information content (AvgIpc) is 2.26. The van der Waals surface area contributed by atoms with Crippen molar-refractivity contribution in [2.75, 3.05) is 19.6 Å². The van der Waals surface area contributed by atoms with Crippen molar-refractivity contribution in [2.45, 2.75) is 41.2 Å². The van der Waals surface area contributed by atoms with E-state index in [0.717, 1.165) is 26.2 Å². The van der Waals surface area contributed by atoms with Gasteiger partial charge in [-0.25, -0.2) is 0 Å². The fraction of sp³-hybridized carbons (Fsp3) is 0.625. The maximum Gasteiger partial charge on any atom is 0.0234 e. The Kier molecular flexibility index (Phi) is 5.36. The second-order valence-corrected chi connectivity index (χ2v) is 6.17. The molecule has 0 amide bonds.